The molecule has 0 amide bonds. The van der Waals surface area contributed by atoms with Crippen LogP contribution in [0, 0.1) is 11.6 Å². The van der Waals surface area contributed by atoms with E-state index in [1.165, 1.54) is 28.8 Å². The third-order valence-corrected chi connectivity index (χ3v) is 6.31. The smallest absolute Gasteiger partial charge is 0.354 e. The van der Waals surface area contributed by atoms with Crippen LogP contribution < -0.4 is 11.2 Å². The van der Waals surface area contributed by atoms with Crippen molar-refractivity contribution in [2.45, 2.75) is 16.3 Å². The number of benzene rings is 3. The van der Waals surface area contributed by atoms with Crippen LogP contribution in [-0.2, 0) is 6.54 Å². The molecule has 0 saturated carbocycles. The lowest BCUT2D eigenvalue weighted by atomic mass is 10.1. The fourth-order valence-corrected chi connectivity index (χ4v) is 4.61. The fraction of sp³-hybridized carbons (Fsp3) is 0.0400. The molecule has 164 valence electrons. The summed E-state index contributed by atoms with van der Waals surface area (Å²) in [6.07, 6.45) is 0. The van der Waals surface area contributed by atoms with Crippen LogP contribution in [0.15, 0.2) is 96.6 Å². The molecular weight excluding hydrogens is 448 g/mol. The van der Waals surface area contributed by atoms with Gasteiger partial charge in [0.05, 0.1) is 12.1 Å². The van der Waals surface area contributed by atoms with E-state index in [0.29, 0.717) is 15.8 Å². The number of fused-ring (bicyclic) bond motifs is 3. The molecule has 0 bridgehead atoms. The Morgan fingerprint density at radius 3 is 2.48 bits per heavy atom. The summed E-state index contributed by atoms with van der Waals surface area (Å²) >= 11 is 0.792. The number of rotatable bonds is 4. The minimum atomic E-state index is -0.856. The van der Waals surface area contributed by atoms with Gasteiger partial charge in [-0.15, -0.1) is 0 Å². The molecule has 0 unspecified atom stereocenters. The SMILES string of the molecule is O=c1oc2c(c(O)c1Sc1cccc(F)c1)c(=O)n(Cc1ccccc1F)c1ccccc21. The number of nitrogens with zero attached hydrogens (tertiary/aromatic N) is 1. The van der Waals surface area contributed by atoms with Crippen molar-refractivity contribution in [3.8, 4) is 5.75 Å². The van der Waals surface area contributed by atoms with E-state index >= 15 is 0 Å². The van der Waals surface area contributed by atoms with Crippen molar-refractivity contribution in [3.05, 3.63) is 111 Å². The number of hydrogen-bond acceptors (Lipinski definition) is 5. The predicted octanol–water partition coefficient (Wildman–Crippen LogP) is 5.29. The zero-order chi connectivity index (χ0) is 23.1. The Kier molecular flexibility index (Phi) is 5.22. The second-order valence-electron chi connectivity index (χ2n) is 7.33. The maximum Gasteiger partial charge on any atom is 0.354 e. The lowest BCUT2D eigenvalue weighted by Crippen LogP contribution is -2.23. The molecule has 0 spiro atoms. The summed E-state index contributed by atoms with van der Waals surface area (Å²) in [4.78, 5) is 26.3. The van der Waals surface area contributed by atoms with E-state index in [9.17, 15) is 23.5 Å². The number of aromatic nitrogens is 1. The summed E-state index contributed by atoms with van der Waals surface area (Å²) in [5, 5.41) is 11.2. The molecule has 0 aliphatic heterocycles. The van der Waals surface area contributed by atoms with Gasteiger partial charge in [-0.1, -0.05) is 48.2 Å². The van der Waals surface area contributed by atoms with Crippen LogP contribution in [0.1, 0.15) is 5.56 Å². The molecule has 2 aromatic heterocycles. The Balaban J connectivity index is 1.79. The maximum absolute atomic E-state index is 14.3. The monoisotopic (exact) mass is 463 g/mol. The van der Waals surface area contributed by atoms with Gasteiger partial charge in [-0.25, -0.2) is 13.6 Å². The maximum atomic E-state index is 14.3. The molecule has 3 aromatic carbocycles. The van der Waals surface area contributed by atoms with Crippen LogP contribution >= 0.6 is 11.8 Å². The second kappa shape index (κ2) is 8.22. The van der Waals surface area contributed by atoms with Gasteiger partial charge in [-0.2, -0.15) is 0 Å². The van der Waals surface area contributed by atoms with E-state index in [1.807, 2.05) is 0 Å². The lowest BCUT2D eigenvalue weighted by molar-refractivity contribution is 0.446. The van der Waals surface area contributed by atoms with Gasteiger partial charge in [-0.3, -0.25) is 4.79 Å². The molecule has 5 rings (SSSR count). The van der Waals surface area contributed by atoms with Crippen molar-refractivity contribution in [2.75, 3.05) is 0 Å². The largest absolute Gasteiger partial charge is 0.505 e. The highest BCUT2D eigenvalue weighted by Crippen LogP contribution is 2.37. The summed E-state index contributed by atoms with van der Waals surface area (Å²) in [6, 6.07) is 18.3. The Hall–Kier alpha value is -3.91. The van der Waals surface area contributed by atoms with Gasteiger partial charge in [0.1, 0.15) is 21.9 Å². The first-order valence-electron chi connectivity index (χ1n) is 9.92. The summed E-state index contributed by atoms with van der Waals surface area (Å²) in [7, 11) is 0. The highest BCUT2D eigenvalue weighted by Gasteiger charge is 2.22. The first-order valence-corrected chi connectivity index (χ1v) is 10.7. The van der Waals surface area contributed by atoms with E-state index in [4.69, 9.17) is 4.42 Å². The molecule has 0 aliphatic carbocycles. The number of hydrogen-bond donors (Lipinski definition) is 1. The standard InChI is InChI=1S/C25H15F2NO4S/c26-15-7-5-8-16(12-15)33-23-21(29)20-22(32-25(23)31)17-9-2-4-11-19(17)28(24(20)30)13-14-6-1-3-10-18(14)27/h1-12,29H,13H2. The molecule has 0 fully saturated rings. The molecule has 0 atom stereocenters. The predicted molar refractivity (Wildman–Crippen MR) is 122 cm³/mol. The molecule has 8 heteroatoms. The topological polar surface area (TPSA) is 72.4 Å². The number of para-hydroxylation sites is 1. The number of pyridine rings is 1. The van der Waals surface area contributed by atoms with Gasteiger partial charge in [0.25, 0.3) is 5.56 Å². The summed E-state index contributed by atoms with van der Waals surface area (Å²) in [5.41, 5.74) is -0.854. The lowest BCUT2D eigenvalue weighted by Gasteiger charge is -2.14. The van der Waals surface area contributed by atoms with Crippen molar-refractivity contribution in [1.29, 1.82) is 0 Å². The first kappa shape index (κ1) is 21.0. The van der Waals surface area contributed by atoms with Crippen LogP contribution in [-0.4, -0.2) is 9.67 Å². The minimum absolute atomic E-state index is 0.0634. The fourth-order valence-electron chi connectivity index (χ4n) is 3.73. The van der Waals surface area contributed by atoms with Crippen molar-refractivity contribution in [3.63, 3.8) is 0 Å². The normalized spacial score (nSPS) is 11.3. The van der Waals surface area contributed by atoms with E-state index in [0.717, 1.165) is 11.8 Å². The molecule has 5 nitrogen and oxygen atoms in total. The van der Waals surface area contributed by atoms with E-state index in [1.54, 1.807) is 48.5 Å². The molecule has 2 heterocycles. The molecule has 1 N–H and O–H groups in total. The quantitative estimate of drug-likeness (QED) is 0.367. The van der Waals surface area contributed by atoms with Crippen LogP contribution in [0.2, 0.25) is 0 Å². The van der Waals surface area contributed by atoms with Gasteiger partial charge in [0.15, 0.2) is 11.3 Å². The van der Waals surface area contributed by atoms with Crippen LogP contribution in [0.25, 0.3) is 21.9 Å². The molecule has 33 heavy (non-hydrogen) atoms. The average molecular weight is 463 g/mol. The van der Waals surface area contributed by atoms with Crippen LogP contribution in [0.5, 0.6) is 5.75 Å². The Labute approximate surface area is 189 Å². The molecule has 5 aromatic rings. The third-order valence-electron chi connectivity index (χ3n) is 5.26. The number of aromatic hydroxyl groups is 1. The van der Waals surface area contributed by atoms with Gasteiger partial charge < -0.3 is 14.1 Å². The summed E-state index contributed by atoms with van der Waals surface area (Å²) in [6.45, 7) is -0.0904. The van der Waals surface area contributed by atoms with Gasteiger partial charge >= 0.3 is 5.63 Å². The zero-order valence-electron chi connectivity index (χ0n) is 16.9. The summed E-state index contributed by atoms with van der Waals surface area (Å²) in [5.74, 6) is -1.55. The Morgan fingerprint density at radius 1 is 0.939 bits per heavy atom. The van der Waals surface area contributed by atoms with Crippen molar-refractivity contribution in [2.24, 2.45) is 0 Å². The molecule has 0 radical (unpaired) electrons. The summed E-state index contributed by atoms with van der Waals surface area (Å²) < 4.78 is 34.7. The van der Waals surface area contributed by atoms with Crippen molar-refractivity contribution >= 4 is 33.6 Å². The molecule has 0 aliphatic rings. The molecular formula is C25H15F2NO4S. The Morgan fingerprint density at radius 2 is 1.70 bits per heavy atom. The first-order chi connectivity index (χ1) is 15.9. The van der Waals surface area contributed by atoms with E-state index in [2.05, 4.69) is 0 Å². The van der Waals surface area contributed by atoms with Crippen LogP contribution in [0.3, 0.4) is 0 Å². The minimum Gasteiger partial charge on any atom is -0.505 e. The van der Waals surface area contributed by atoms with E-state index < -0.39 is 28.6 Å². The van der Waals surface area contributed by atoms with Gasteiger partial charge in [0, 0.05) is 15.8 Å². The molecule has 0 saturated heterocycles. The van der Waals surface area contributed by atoms with Crippen molar-refractivity contribution < 1.29 is 18.3 Å². The van der Waals surface area contributed by atoms with Crippen LogP contribution in [0.4, 0.5) is 8.78 Å². The highest BCUT2D eigenvalue weighted by atomic mass is 32.2. The van der Waals surface area contributed by atoms with Gasteiger partial charge in [0.2, 0.25) is 0 Å². The zero-order valence-corrected chi connectivity index (χ0v) is 17.7. The second-order valence-corrected chi connectivity index (χ2v) is 8.41. The van der Waals surface area contributed by atoms with Crippen molar-refractivity contribution in [1.82, 2.24) is 4.57 Å². The average Bonchev–Trinajstić information content (AvgIpc) is 2.80. The highest BCUT2D eigenvalue weighted by molar-refractivity contribution is 7.99. The number of halogens is 2. The van der Waals surface area contributed by atoms with E-state index in [-0.39, 0.29) is 28.0 Å². The van der Waals surface area contributed by atoms with Gasteiger partial charge in [-0.05, 0) is 36.4 Å². The third kappa shape index (κ3) is 3.68. The Bertz CT molecular complexity index is 1660.